The first-order chi connectivity index (χ1) is 4.09. The molecule has 0 fully saturated rings. The Labute approximate surface area is 62.1 Å². The predicted molar refractivity (Wildman–Crippen MR) is 36.4 cm³/mol. The van der Waals surface area contributed by atoms with Gasteiger partial charge in [-0.1, -0.05) is 15.9 Å². The number of halogens is 1. The highest BCUT2D eigenvalue weighted by atomic mass is 79.9. The number of carbonyl (C=O) groups is 1. The summed E-state index contributed by atoms with van der Waals surface area (Å²) in [4.78, 5) is 10.2. The van der Waals surface area contributed by atoms with Crippen molar-refractivity contribution >= 4 is 21.9 Å². The summed E-state index contributed by atoms with van der Waals surface area (Å²) >= 11 is 3.03. The van der Waals surface area contributed by atoms with E-state index in [4.69, 9.17) is 5.11 Å². The fraction of sp³-hybridized carbons (Fsp3) is 0.800. The molecule has 54 valence electrons. The first-order valence-electron chi connectivity index (χ1n) is 2.49. The smallest absolute Gasteiger partial charge is 0.335 e. The fourth-order valence-electron chi connectivity index (χ4n) is 0.308. The van der Waals surface area contributed by atoms with E-state index in [9.17, 15) is 4.79 Å². The van der Waals surface area contributed by atoms with Crippen molar-refractivity contribution in [3.63, 3.8) is 0 Å². The lowest BCUT2D eigenvalue weighted by atomic mass is 10.3. The second kappa shape index (κ2) is 3.85. The number of ether oxygens (including phenoxy) is 1. The minimum Gasteiger partial charge on any atom is -0.467 e. The van der Waals surface area contributed by atoms with Crippen LogP contribution in [0.1, 0.15) is 6.92 Å². The Morgan fingerprint density at radius 1 is 1.78 bits per heavy atom. The zero-order chi connectivity index (χ0) is 7.44. The molecular formula is C5H9BrO3. The largest absolute Gasteiger partial charge is 0.467 e. The average molecular weight is 197 g/mol. The number of hydrogen-bond acceptors (Lipinski definition) is 3. The molecule has 1 N–H and O–H groups in total. The highest BCUT2D eigenvalue weighted by molar-refractivity contribution is 9.09. The minimum atomic E-state index is -1.06. The molecule has 2 atom stereocenters. The Balaban J connectivity index is 3.72. The number of esters is 1. The van der Waals surface area contributed by atoms with Gasteiger partial charge >= 0.3 is 5.97 Å². The third-order valence-electron chi connectivity index (χ3n) is 0.878. The Hall–Kier alpha value is -0.0900. The van der Waals surface area contributed by atoms with Crippen LogP contribution in [-0.4, -0.2) is 29.1 Å². The number of aliphatic hydroxyl groups is 1. The van der Waals surface area contributed by atoms with Crippen molar-refractivity contribution in [1.82, 2.24) is 0 Å². The third-order valence-corrected chi connectivity index (χ3v) is 1.38. The quantitative estimate of drug-likeness (QED) is 0.511. The molecule has 0 heterocycles. The molecule has 0 spiro atoms. The van der Waals surface area contributed by atoms with Gasteiger partial charge in [0, 0.05) is 4.83 Å². The van der Waals surface area contributed by atoms with E-state index in [1.165, 1.54) is 7.11 Å². The Morgan fingerprint density at radius 3 is 2.33 bits per heavy atom. The summed E-state index contributed by atoms with van der Waals surface area (Å²) in [5, 5.41) is 8.87. The first-order valence-corrected chi connectivity index (χ1v) is 3.41. The zero-order valence-corrected chi connectivity index (χ0v) is 6.88. The van der Waals surface area contributed by atoms with Crippen molar-refractivity contribution in [3.05, 3.63) is 0 Å². The topological polar surface area (TPSA) is 46.5 Å². The second-order valence-electron chi connectivity index (χ2n) is 1.65. The summed E-state index contributed by atoms with van der Waals surface area (Å²) in [6.45, 7) is 1.67. The van der Waals surface area contributed by atoms with Crippen LogP contribution in [0.3, 0.4) is 0 Å². The van der Waals surface area contributed by atoms with Gasteiger partial charge in [0.2, 0.25) is 0 Å². The van der Waals surface area contributed by atoms with Gasteiger partial charge in [0.1, 0.15) is 0 Å². The van der Waals surface area contributed by atoms with Crippen molar-refractivity contribution in [1.29, 1.82) is 0 Å². The monoisotopic (exact) mass is 196 g/mol. The van der Waals surface area contributed by atoms with E-state index in [-0.39, 0.29) is 4.83 Å². The molecule has 0 aliphatic carbocycles. The Kier molecular flexibility index (Phi) is 3.81. The minimum absolute atomic E-state index is 0.259. The van der Waals surface area contributed by atoms with Gasteiger partial charge in [-0.15, -0.1) is 0 Å². The van der Waals surface area contributed by atoms with E-state index in [1.54, 1.807) is 6.92 Å². The molecule has 3 nitrogen and oxygen atoms in total. The van der Waals surface area contributed by atoms with E-state index in [2.05, 4.69) is 20.7 Å². The molecule has 0 rings (SSSR count). The van der Waals surface area contributed by atoms with Crippen LogP contribution in [0, 0.1) is 0 Å². The van der Waals surface area contributed by atoms with E-state index in [0.717, 1.165) is 0 Å². The van der Waals surface area contributed by atoms with Crippen molar-refractivity contribution in [2.24, 2.45) is 0 Å². The van der Waals surface area contributed by atoms with Crippen molar-refractivity contribution in [2.45, 2.75) is 17.9 Å². The van der Waals surface area contributed by atoms with Crippen LogP contribution in [0.5, 0.6) is 0 Å². The lowest BCUT2D eigenvalue weighted by Crippen LogP contribution is -2.28. The van der Waals surface area contributed by atoms with E-state index < -0.39 is 12.1 Å². The maximum absolute atomic E-state index is 10.5. The molecule has 0 aromatic rings. The number of carbonyl (C=O) groups excluding carboxylic acids is 1. The van der Waals surface area contributed by atoms with E-state index in [0.29, 0.717) is 0 Å². The Morgan fingerprint density at radius 2 is 2.22 bits per heavy atom. The summed E-state index contributed by atoms with van der Waals surface area (Å²) in [7, 11) is 1.24. The summed E-state index contributed by atoms with van der Waals surface area (Å²) in [5.41, 5.74) is 0. The van der Waals surface area contributed by atoms with Crippen LogP contribution in [0.2, 0.25) is 0 Å². The SMILES string of the molecule is COC(=O)C(O)C(C)Br. The molecule has 0 aliphatic rings. The normalized spacial score (nSPS) is 16.4. The zero-order valence-electron chi connectivity index (χ0n) is 5.30. The molecular weight excluding hydrogens is 188 g/mol. The highest BCUT2D eigenvalue weighted by Crippen LogP contribution is 2.04. The molecule has 2 unspecified atom stereocenters. The molecule has 0 saturated heterocycles. The molecule has 0 aliphatic heterocycles. The average Bonchev–Trinajstić information content (AvgIpc) is 1.84. The van der Waals surface area contributed by atoms with Gasteiger partial charge in [-0.25, -0.2) is 4.79 Å². The van der Waals surface area contributed by atoms with E-state index in [1.807, 2.05) is 0 Å². The van der Waals surface area contributed by atoms with Gasteiger partial charge in [-0.3, -0.25) is 0 Å². The van der Waals surface area contributed by atoms with Gasteiger partial charge in [0.25, 0.3) is 0 Å². The summed E-state index contributed by atoms with van der Waals surface area (Å²) < 4.78 is 4.25. The lowest BCUT2D eigenvalue weighted by molar-refractivity contribution is -0.150. The van der Waals surface area contributed by atoms with Gasteiger partial charge in [-0.2, -0.15) is 0 Å². The van der Waals surface area contributed by atoms with Crippen LogP contribution in [-0.2, 0) is 9.53 Å². The second-order valence-corrected chi connectivity index (χ2v) is 3.09. The summed E-state index contributed by atoms with van der Waals surface area (Å²) in [6.07, 6.45) is -1.06. The predicted octanol–water partition coefficient (Wildman–Crippen LogP) is 0.304. The van der Waals surface area contributed by atoms with Crippen LogP contribution < -0.4 is 0 Å². The number of rotatable bonds is 2. The van der Waals surface area contributed by atoms with Gasteiger partial charge < -0.3 is 9.84 Å². The molecule has 9 heavy (non-hydrogen) atoms. The molecule has 0 aromatic carbocycles. The number of methoxy groups -OCH3 is 1. The summed E-state index contributed by atoms with van der Waals surface area (Å²) in [5.74, 6) is -0.612. The van der Waals surface area contributed by atoms with Crippen molar-refractivity contribution in [2.75, 3.05) is 7.11 Å². The van der Waals surface area contributed by atoms with Crippen LogP contribution in [0.25, 0.3) is 0 Å². The molecule has 0 bridgehead atoms. The Bertz CT molecular complexity index is 102. The number of hydrogen-bond donors (Lipinski definition) is 1. The van der Waals surface area contributed by atoms with Gasteiger partial charge in [0.15, 0.2) is 6.10 Å². The fourth-order valence-corrected chi connectivity index (χ4v) is 0.524. The van der Waals surface area contributed by atoms with Crippen LogP contribution in [0.4, 0.5) is 0 Å². The maximum atomic E-state index is 10.5. The standard InChI is InChI=1S/C5H9BrO3/c1-3(6)4(7)5(8)9-2/h3-4,7H,1-2H3. The van der Waals surface area contributed by atoms with Crippen molar-refractivity contribution in [3.8, 4) is 0 Å². The summed E-state index contributed by atoms with van der Waals surface area (Å²) in [6, 6.07) is 0. The van der Waals surface area contributed by atoms with Gasteiger partial charge in [0.05, 0.1) is 7.11 Å². The molecule has 0 amide bonds. The van der Waals surface area contributed by atoms with Crippen molar-refractivity contribution < 1.29 is 14.6 Å². The van der Waals surface area contributed by atoms with Crippen LogP contribution >= 0.6 is 15.9 Å². The molecule has 0 saturated carbocycles. The molecule has 0 radical (unpaired) electrons. The molecule has 0 aromatic heterocycles. The lowest BCUT2D eigenvalue weighted by Gasteiger charge is -2.08. The number of alkyl halides is 1. The number of aliphatic hydroxyl groups excluding tert-OH is 1. The first kappa shape index (κ1) is 8.91. The maximum Gasteiger partial charge on any atom is 0.335 e. The highest BCUT2D eigenvalue weighted by Gasteiger charge is 2.19. The third kappa shape index (κ3) is 2.81. The van der Waals surface area contributed by atoms with E-state index >= 15 is 0 Å². The molecule has 4 heteroatoms. The van der Waals surface area contributed by atoms with Crippen LogP contribution in [0.15, 0.2) is 0 Å². The van der Waals surface area contributed by atoms with Gasteiger partial charge in [-0.05, 0) is 6.92 Å².